The second-order valence-corrected chi connectivity index (χ2v) is 11.0. The maximum Gasteiger partial charge on any atom is 0.534 e. The number of para-hydroxylation sites is 1. The highest BCUT2D eigenvalue weighted by Crippen LogP contribution is 2.41. The minimum atomic E-state index is -5.92. The van der Waals surface area contributed by atoms with Crippen molar-refractivity contribution in [2.24, 2.45) is 0 Å². The van der Waals surface area contributed by atoms with Gasteiger partial charge in [0.1, 0.15) is 5.82 Å². The molecule has 0 N–H and O–H groups in total. The van der Waals surface area contributed by atoms with Crippen molar-refractivity contribution >= 4 is 48.4 Å². The zero-order valence-electron chi connectivity index (χ0n) is 21.3. The average Bonchev–Trinajstić information content (AvgIpc) is 3.34. The monoisotopic (exact) mass is 561 g/mol. The molecule has 5 aromatic carbocycles. The van der Waals surface area contributed by atoms with Crippen LogP contribution in [-0.4, -0.2) is 37.6 Å². The number of halogens is 3. The molecule has 40 heavy (non-hydrogen) atoms. The normalized spacial score (nSPS) is 12.3. The van der Waals surface area contributed by atoms with Gasteiger partial charge in [-0.1, -0.05) is 60.7 Å². The van der Waals surface area contributed by atoms with Gasteiger partial charge in [0.15, 0.2) is 5.75 Å². The molecular formula is C30H22F3N3O3S. The second-order valence-electron chi connectivity index (χ2n) is 9.45. The van der Waals surface area contributed by atoms with E-state index in [-0.39, 0.29) is 11.4 Å². The van der Waals surface area contributed by atoms with Crippen molar-refractivity contribution in [3.8, 4) is 22.8 Å². The van der Waals surface area contributed by atoms with Crippen LogP contribution in [0, 0.1) is 0 Å². The van der Waals surface area contributed by atoms with Crippen molar-refractivity contribution in [3.63, 3.8) is 0 Å². The molecule has 10 heteroatoms. The summed E-state index contributed by atoms with van der Waals surface area (Å²) in [6.07, 6.45) is 0. The molecule has 0 spiro atoms. The van der Waals surface area contributed by atoms with E-state index in [0.717, 1.165) is 32.7 Å². The van der Waals surface area contributed by atoms with E-state index < -0.39 is 21.4 Å². The smallest absolute Gasteiger partial charge is 0.378 e. The number of hydrogen-bond donors (Lipinski definition) is 0. The van der Waals surface area contributed by atoms with E-state index >= 15 is 0 Å². The van der Waals surface area contributed by atoms with E-state index in [9.17, 15) is 21.6 Å². The summed E-state index contributed by atoms with van der Waals surface area (Å²) in [5, 5.41) is 3.68. The first-order valence-corrected chi connectivity index (χ1v) is 13.7. The van der Waals surface area contributed by atoms with Gasteiger partial charge in [0, 0.05) is 36.2 Å². The fourth-order valence-corrected chi connectivity index (χ4v) is 5.40. The van der Waals surface area contributed by atoms with Crippen LogP contribution >= 0.6 is 0 Å². The third kappa shape index (κ3) is 4.12. The molecule has 0 atom stereocenters. The molecule has 6 nitrogen and oxygen atoms in total. The highest BCUT2D eigenvalue weighted by molar-refractivity contribution is 7.88. The number of benzene rings is 5. The van der Waals surface area contributed by atoms with Gasteiger partial charge < -0.3 is 9.08 Å². The van der Waals surface area contributed by atoms with Gasteiger partial charge in [0.2, 0.25) is 0 Å². The Balaban J connectivity index is 1.74. The molecule has 0 aliphatic heterocycles. The standard InChI is InChI=1S/C30H22F3N3O3S/c1-35(2)19-15-17-20(18-16-19)36-28-24-12-6-4-10-22(24)21-9-3-5-11-23(21)27(28)34-29(36)25-13-7-8-14-26(25)39-40(37,38)30(31,32)33/h3-18H,1-2H3. The van der Waals surface area contributed by atoms with Gasteiger partial charge in [-0.05, 0) is 47.2 Å². The first kappa shape index (κ1) is 25.7. The maximum absolute atomic E-state index is 13.3. The molecule has 6 aromatic rings. The van der Waals surface area contributed by atoms with Crippen molar-refractivity contribution in [2.75, 3.05) is 19.0 Å². The van der Waals surface area contributed by atoms with Gasteiger partial charge in [0.25, 0.3) is 0 Å². The summed E-state index contributed by atoms with van der Waals surface area (Å²) in [6.45, 7) is 0. The predicted molar refractivity (Wildman–Crippen MR) is 151 cm³/mol. The van der Waals surface area contributed by atoms with Gasteiger partial charge in [-0.3, -0.25) is 4.57 Å². The molecule has 0 saturated heterocycles. The first-order chi connectivity index (χ1) is 19.1. The number of fused-ring (bicyclic) bond motifs is 6. The number of nitrogens with zero attached hydrogens (tertiary/aromatic N) is 3. The maximum atomic E-state index is 13.3. The Morgan fingerprint density at radius 1 is 0.750 bits per heavy atom. The van der Waals surface area contributed by atoms with Gasteiger partial charge >= 0.3 is 15.6 Å². The van der Waals surface area contributed by atoms with Crippen molar-refractivity contribution in [1.29, 1.82) is 0 Å². The van der Waals surface area contributed by atoms with Gasteiger partial charge in [0.05, 0.1) is 16.6 Å². The highest BCUT2D eigenvalue weighted by atomic mass is 32.2. The second kappa shape index (κ2) is 9.27. The third-order valence-corrected chi connectivity index (χ3v) is 7.73. The fraction of sp³-hybridized carbons (Fsp3) is 0.100. The largest absolute Gasteiger partial charge is 0.534 e. The Morgan fingerprint density at radius 3 is 1.93 bits per heavy atom. The molecule has 1 heterocycles. The number of imidazole rings is 1. The lowest BCUT2D eigenvalue weighted by molar-refractivity contribution is -0.0499. The van der Waals surface area contributed by atoms with Gasteiger partial charge in [-0.25, -0.2) is 4.98 Å². The summed E-state index contributed by atoms with van der Waals surface area (Å²) < 4.78 is 70.3. The van der Waals surface area contributed by atoms with Crippen LogP contribution in [0.1, 0.15) is 0 Å². The first-order valence-electron chi connectivity index (χ1n) is 12.3. The average molecular weight is 562 g/mol. The molecule has 0 amide bonds. The zero-order valence-corrected chi connectivity index (χ0v) is 22.2. The highest BCUT2D eigenvalue weighted by Gasteiger charge is 2.49. The van der Waals surface area contributed by atoms with E-state index in [2.05, 4.69) is 4.18 Å². The fourth-order valence-electron chi connectivity index (χ4n) is 4.93. The molecule has 1 aromatic heterocycles. The van der Waals surface area contributed by atoms with Crippen molar-refractivity contribution < 1.29 is 25.8 Å². The molecule has 0 radical (unpaired) electrons. The van der Waals surface area contributed by atoms with Gasteiger partial charge in [-0.2, -0.15) is 21.6 Å². The van der Waals surface area contributed by atoms with Gasteiger partial charge in [-0.15, -0.1) is 0 Å². The predicted octanol–water partition coefficient (Wildman–Crippen LogP) is 7.29. The number of hydrogen-bond acceptors (Lipinski definition) is 5. The molecule has 0 fully saturated rings. The Labute approximate surface area is 228 Å². The molecule has 6 rings (SSSR count). The quantitative estimate of drug-likeness (QED) is 0.126. The number of aromatic nitrogens is 2. The molecule has 0 saturated carbocycles. The van der Waals surface area contributed by atoms with Crippen molar-refractivity contribution in [2.45, 2.75) is 5.51 Å². The molecule has 0 unspecified atom stereocenters. The molecule has 0 bridgehead atoms. The van der Waals surface area contributed by atoms with E-state index in [1.165, 1.54) is 18.2 Å². The van der Waals surface area contributed by atoms with E-state index in [1.54, 1.807) is 6.07 Å². The molecule has 0 aliphatic carbocycles. The van der Waals surface area contributed by atoms with E-state index in [0.29, 0.717) is 11.2 Å². The molecule has 202 valence electrons. The van der Waals surface area contributed by atoms with Crippen molar-refractivity contribution in [1.82, 2.24) is 9.55 Å². The minimum absolute atomic E-state index is 0.0939. The Morgan fingerprint density at radius 2 is 1.30 bits per heavy atom. The number of rotatable bonds is 5. The van der Waals surface area contributed by atoms with Crippen molar-refractivity contribution in [3.05, 3.63) is 97.1 Å². The van der Waals surface area contributed by atoms with E-state index in [1.807, 2.05) is 96.4 Å². The zero-order chi connectivity index (χ0) is 28.2. The van der Waals surface area contributed by atoms with E-state index in [4.69, 9.17) is 4.98 Å². The Bertz CT molecular complexity index is 2020. The summed E-state index contributed by atoms with van der Waals surface area (Å²) in [6, 6.07) is 28.9. The summed E-state index contributed by atoms with van der Waals surface area (Å²) in [7, 11) is -2.08. The van der Waals surface area contributed by atoms with Crippen LogP contribution in [0.4, 0.5) is 18.9 Å². The summed E-state index contributed by atoms with van der Waals surface area (Å²) in [5.41, 5.74) is -2.50. The number of alkyl halides is 3. The molecular weight excluding hydrogens is 539 g/mol. The van der Waals surface area contributed by atoms with Crippen LogP contribution in [0.15, 0.2) is 97.1 Å². The summed E-state index contributed by atoms with van der Waals surface area (Å²) in [5.74, 6) is -0.239. The Kier molecular flexibility index (Phi) is 5.95. The number of anilines is 1. The van der Waals surface area contributed by atoms with Crippen LogP contribution in [0.5, 0.6) is 5.75 Å². The molecule has 0 aliphatic rings. The minimum Gasteiger partial charge on any atom is -0.378 e. The van der Waals surface area contributed by atoms with Crippen LogP contribution in [0.2, 0.25) is 0 Å². The topological polar surface area (TPSA) is 64.4 Å². The van der Waals surface area contributed by atoms with Crippen LogP contribution in [-0.2, 0) is 10.1 Å². The van der Waals surface area contributed by atoms with Crippen LogP contribution in [0.25, 0.3) is 49.7 Å². The lowest BCUT2D eigenvalue weighted by Gasteiger charge is -2.17. The van der Waals surface area contributed by atoms with Crippen LogP contribution in [0.3, 0.4) is 0 Å². The SMILES string of the molecule is CN(C)c1ccc(-n2c(-c3ccccc3OS(=O)(=O)C(F)(F)F)nc3c4ccccc4c4ccccc4c32)cc1. The lowest BCUT2D eigenvalue weighted by atomic mass is 10.00. The lowest BCUT2D eigenvalue weighted by Crippen LogP contribution is -2.28. The third-order valence-electron chi connectivity index (χ3n) is 6.77. The summed E-state index contributed by atoms with van der Waals surface area (Å²) >= 11 is 0. The van der Waals surface area contributed by atoms with Crippen LogP contribution < -0.4 is 9.08 Å². The Hall–Kier alpha value is -4.57. The summed E-state index contributed by atoms with van der Waals surface area (Å²) in [4.78, 5) is 6.89.